The van der Waals surface area contributed by atoms with Gasteiger partial charge in [0.2, 0.25) is 10.0 Å². The lowest BCUT2D eigenvalue weighted by Gasteiger charge is -2.33. The van der Waals surface area contributed by atoms with Gasteiger partial charge in [0.1, 0.15) is 11.4 Å². The molecule has 8 nitrogen and oxygen atoms in total. The summed E-state index contributed by atoms with van der Waals surface area (Å²) in [5.41, 5.74) is 3.01. The van der Waals surface area contributed by atoms with Gasteiger partial charge in [-0.25, -0.2) is 17.6 Å². The first-order valence-corrected chi connectivity index (χ1v) is 13.1. The summed E-state index contributed by atoms with van der Waals surface area (Å²) in [6, 6.07) is 12.2. The Balaban J connectivity index is 1.58. The largest absolute Gasteiger partial charge is 0.444 e. The van der Waals surface area contributed by atoms with E-state index in [9.17, 15) is 22.4 Å². The third-order valence-electron chi connectivity index (χ3n) is 5.65. The first-order valence-electron chi connectivity index (χ1n) is 11.5. The van der Waals surface area contributed by atoms with E-state index in [1.54, 1.807) is 38.7 Å². The highest BCUT2D eigenvalue weighted by Gasteiger charge is 2.29. The van der Waals surface area contributed by atoms with E-state index in [0.29, 0.717) is 31.5 Å². The average molecular weight is 506 g/mol. The predicted octanol–water partition coefficient (Wildman–Crippen LogP) is 4.01. The molecule has 190 valence electrons. The van der Waals surface area contributed by atoms with Crippen molar-refractivity contribution in [3.63, 3.8) is 0 Å². The van der Waals surface area contributed by atoms with E-state index in [0.717, 1.165) is 5.56 Å². The summed E-state index contributed by atoms with van der Waals surface area (Å²) in [6.45, 7) is 7.68. The average Bonchev–Trinajstić information content (AvgIpc) is 2.79. The number of benzene rings is 2. The summed E-state index contributed by atoms with van der Waals surface area (Å²) in [5, 5.41) is 0. The van der Waals surface area contributed by atoms with Crippen molar-refractivity contribution in [3.05, 3.63) is 59.4 Å². The first kappa shape index (κ1) is 26.6. The van der Waals surface area contributed by atoms with Gasteiger partial charge in [0.25, 0.3) is 5.91 Å². The van der Waals surface area contributed by atoms with Crippen LogP contribution in [-0.4, -0.2) is 49.8 Å². The number of hydrogen-bond acceptors (Lipinski definition) is 5. The number of hydrogen-bond donors (Lipinski definition) is 2. The van der Waals surface area contributed by atoms with Gasteiger partial charge in [-0.15, -0.1) is 4.83 Å². The molecule has 0 aliphatic carbocycles. The molecule has 0 atom stereocenters. The van der Waals surface area contributed by atoms with Crippen LogP contribution in [0.5, 0.6) is 0 Å². The molecule has 0 aromatic heterocycles. The van der Waals surface area contributed by atoms with E-state index in [-0.39, 0.29) is 22.8 Å². The van der Waals surface area contributed by atoms with Crippen LogP contribution in [-0.2, 0) is 14.8 Å². The third kappa shape index (κ3) is 7.50. The molecule has 10 heteroatoms. The molecule has 2 N–H and O–H groups in total. The van der Waals surface area contributed by atoms with Crippen LogP contribution in [0.2, 0.25) is 0 Å². The summed E-state index contributed by atoms with van der Waals surface area (Å²) in [4.78, 5) is 28.5. The van der Waals surface area contributed by atoms with Crippen molar-refractivity contribution in [3.8, 4) is 11.1 Å². The van der Waals surface area contributed by atoms with E-state index in [4.69, 9.17) is 4.74 Å². The number of amides is 2. The number of nitrogens with zero attached hydrogens (tertiary/aromatic N) is 1. The maximum atomic E-state index is 14.7. The number of aryl methyl sites for hydroxylation is 1. The Kier molecular flexibility index (Phi) is 8.17. The second-order valence-corrected chi connectivity index (χ2v) is 11.5. The van der Waals surface area contributed by atoms with Crippen LogP contribution in [0, 0.1) is 18.7 Å². The molecule has 1 aliphatic heterocycles. The lowest BCUT2D eigenvalue weighted by molar-refractivity contribution is 0.0191. The van der Waals surface area contributed by atoms with Crippen molar-refractivity contribution in [2.24, 2.45) is 5.92 Å². The lowest BCUT2D eigenvalue weighted by atomic mass is 9.99. The van der Waals surface area contributed by atoms with Gasteiger partial charge in [-0.1, -0.05) is 30.3 Å². The molecule has 0 saturated carbocycles. The standard InChI is InChI=1S/C25H32FN3O5S/c1-17-14-20(19-8-6-5-7-9-19)15-21(22(17)26)23(30)27-28-35(32,33)16-18-10-12-29(13-11-18)24(31)34-25(2,3)4/h5-9,14-15,18,28H,10-13,16H2,1-4H3,(H,27,30). The Morgan fingerprint density at radius 3 is 2.31 bits per heavy atom. The summed E-state index contributed by atoms with van der Waals surface area (Å²) in [7, 11) is -3.88. The van der Waals surface area contributed by atoms with Crippen LogP contribution in [0.3, 0.4) is 0 Å². The molecule has 2 amide bonds. The molecule has 3 rings (SSSR count). The first-order chi connectivity index (χ1) is 16.3. The van der Waals surface area contributed by atoms with Crippen LogP contribution in [0.25, 0.3) is 11.1 Å². The van der Waals surface area contributed by atoms with Crippen LogP contribution in [0.1, 0.15) is 49.5 Å². The maximum Gasteiger partial charge on any atom is 0.410 e. The molecule has 1 fully saturated rings. The van der Waals surface area contributed by atoms with Crippen LogP contribution in [0.4, 0.5) is 9.18 Å². The molecule has 0 bridgehead atoms. The minimum Gasteiger partial charge on any atom is -0.444 e. The van der Waals surface area contributed by atoms with Gasteiger partial charge in [0.05, 0.1) is 11.3 Å². The van der Waals surface area contributed by atoms with Gasteiger partial charge in [0.15, 0.2) is 0 Å². The van der Waals surface area contributed by atoms with Crippen molar-refractivity contribution in [1.82, 2.24) is 15.2 Å². The molecular weight excluding hydrogens is 473 g/mol. The van der Waals surface area contributed by atoms with Gasteiger partial charge >= 0.3 is 6.09 Å². The van der Waals surface area contributed by atoms with Crippen molar-refractivity contribution >= 4 is 22.0 Å². The Labute approximate surface area is 205 Å². The number of piperidine rings is 1. The van der Waals surface area contributed by atoms with Crippen LogP contribution >= 0.6 is 0 Å². The third-order valence-corrected chi connectivity index (χ3v) is 6.97. The summed E-state index contributed by atoms with van der Waals surface area (Å²) in [6.07, 6.45) is 0.557. The number of hydrazine groups is 1. The molecule has 2 aromatic rings. The molecule has 0 spiro atoms. The molecular formula is C25H32FN3O5S. The lowest BCUT2D eigenvalue weighted by Crippen LogP contribution is -2.46. The summed E-state index contributed by atoms with van der Waals surface area (Å²) >= 11 is 0. The molecule has 1 saturated heterocycles. The van der Waals surface area contributed by atoms with Gasteiger partial charge < -0.3 is 9.64 Å². The molecule has 0 unspecified atom stereocenters. The molecule has 35 heavy (non-hydrogen) atoms. The van der Waals surface area contributed by atoms with Gasteiger partial charge in [-0.05, 0) is 75.3 Å². The Morgan fingerprint density at radius 1 is 1.09 bits per heavy atom. The zero-order valence-electron chi connectivity index (χ0n) is 20.4. The molecule has 0 radical (unpaired) electrons. The maximum absolute atomic E-state index is 14.7. The Hall–Kier alpha value is -2.98. The molecule has 1 aliphatic rings. The van der Waals surface area contributed by atoms with Crippen LogP contribution in [0.15, 0.2) is 42.5 Å². The van der Waals surface area contributed by atoms with E-state index in [2.05, 4.69) is 10.3 Å². The Bertz CT molecular complexity index is 1170. The van der Waals surface area contributed by atoms with E-state index in [1.807, 2.05) is 30.3 Å². The van der Waals surface area contributed by atoms with Crippen LogP contribution < -0.4 is 10.3 Å². The fraction of sp³-hybridized carbons (Fsp3) is 0.440. The highest BCUT2D eigenvalue weighted by molar-refractivity contribution is 7.89. The molecule has 2 aromatic carbocycles. The SMILES string of the molecule is Cc1cc(-c2ccccc2)cc(C(=O)NNS(=O)(=O)CC2CCN(C(=O)OC(C)(C)C)CC2)c1F. The second-order valence-electron chi connectivity index (χ2n) is 9.77. The zero-order chi connectivity index (χ0) is 25.8. The number of carbonyl (C=O) groups is 2. The normalized spacial score (nSPS) is 15.1. The summed E-state index contributed by atoms with van der Waals surface area (Å²) in [5.74, 6) is -2.01. The second kappa shape index (κ2) is 10.7. The number of sulfonamides is 1. The predicted molar refractivity (Wildman–Crippen MR) is 131 cm³/mol. The zero-order valence-corrected chi connectivity index (χ0v) is 21.2. The van der Waals surface area contributed by atoms with Gasteiger partial charge in [-0.3, -0.25) is 10.2 Å². The number of nitrogens with one attached hydrogen (secondary N) is 2. The monoisotopic (exact) mass is 505 g/mol. The Morgan fingerprint density at radius 2 is 1.71 bits per heavy atom. The number of carbonyl (C=O) groups excluding carboxylic acids is 2. The number of likely N-dealkylation sites (tertiary alicyclic amines) is 1. The highest BCUT2D eigenvalue weighted by Crippen LogP contribution is 2.25. The van der Waals surface area contributed by atoms with Gasteiger partial charge in [-0.2, -0.15) is 0 Å². The molecule has 1 heterocycles. The number of ether oxygens (including phenoxy) is 1. The van der Waals surface area contributed by atoms with Crippen molar-refractivity contribution in [2.75, 3.05) is 18.8 Å². The van der Waals surface area contributed by atoms with E-state index < -0.39 is 33.4 Å². The fourth-order valence-corrected chi connectivity index (χ4v) is 5.17. The smallest absolute Gasteiger partial charge is 0.410 e. The van der Waals surface area contributed by atoms with Crippen molar-refractivity contribution in [1.29, 1.82) is 0 Å². The summed E-state index contributed by atoms with van der Waals surface area (Å²) < 4.78 is 45.1. The number of halogens is 1. The highest BCUT2D eigenvalue weighted by atomic mass is 32.2. The van der Waals surface area contributed by atoms with Crippen molar-refractivity contribution in [2.45, 2.75) is 46.1 Å². The minimum atomic E-state index is -3.88. The quantitative estimate of drug-likeness (QED) is 0.577. The van der Waals surface area contributed by atoms with Crippen molar-refractivity contribution < 1.29 is 27.1 Å². The number of rotatable bonds is 6. The van der Waals surface area contributed by atoms with Gasteiger partial charge in [0, 0.05) is 13.1 Å². The topological polar surface area (TPSA) is 105 Å². The fourth-order valence-electron chi connectivity index (χ4n) is 3.88. The van der Waals surface area contributed by atoms with E-state index >= 15 is 0 Å². The minimum absolute atomic E-state index is 0.191. The van der Waals surface area contributed by atoms with E-state index in [1.165, 1.54) is 6.07 Å².